The van der Waals surface area contributed by atoms with Gasteiger partial charge in [0.1, 0.15) is 0 Å². The highest BCUT2D eigenvalue weighted by atomic mass is 32.1. The van der Waals surface area contributed by atoms with E-state index in [1.165, 1.54) is 16.1 Å². The maximum atomic E-state index is 12.4. The summed E-state index contributed by atoms with van der Waals surface area (Å²) in [7, 11) is 2.16. The van der Waals surface area contributed by atoms with Crippen molar-refractivity contribution in [2.45, 2.75) is 20.3 Å². The number of carbonyl (C=O) groups excluding carboxylic acids is 1. The standard InChI is InChI=1S/C19H25N3OS/c1-4-17-14(2)13-18(24-17)19(23)20-15-5-7-16(8-6-15)22-11-9-21(3)10-12-22/h5-8,13H,4,9-12H2,1-3H3,(H,20,23). The van der Waals surface area contributed by atoms with E-state index in [4.69, 9.17) is 0 Å². The summed E-state index contributed by atoms with van der Waals surface area (Å²) in [5.41, 5.74) is 3.28. The molecule has 1 aromatic heterocycles. The van der Waals surface area contributed by atoms with Crippen molar-refractivity contribution >= 4 is 28.6 Å². The molecule has 1 aliphatic heterocycles. The van der Waals surface area contributed by atoms with Crippen molar-refractivity contribution in [1.82, 2.24) is 4.90 Å². The Labute approximate surface area is 148 Å². The lowest BCUT2D eigenvalue weighted by molar-refractivity contribution is 0.103. The molecular formula is C19H25N3OS. The number of amides is 1. The summed E-state index contributed by atoms with van der Waals surface area (Å²) in [4.78, 5) is 19.2. The first-order chi connectivity index (χ1) is 11.6. The normalized spacial score (nSPS) is 15.5. The van der Waals surface area contributed by atoms with Crippen LogP contribution in [0.3, 0.4) is 0 Å². The highest BCUT2D eigenvalue weighted by Crippen LogP contribution is 2.24. The van der Waals surface area contributed by atoms with Crippen LogP contribution in [0.2, 0.25) is 0 Å². The van der Waals surface area contributed by atoms with E-state index in [9.17, 15) is 4.79 Å². The number of nitrogens with one attached hydrogen (secondary N) is 1. The third-order valence-corrected chi connectivity index (χ3v) is 5.94. The molecule has 2 aromatic rings. The second-order valence-corrected chi connectivity index (χ2v) is 7.50. The fraction of sp³-hybridized carbons (Fsp3) is 0.421. The number of aryl methyl sites for hydroxylation is 2. The van der Waals surface area contributed by atoms with Crippen molar-refractivity contribution in [3.05, 3.63) is 45.6 Å². The molecule has 4 nitrogen and oxygen atoms in total. The number of likely N-dealkylation sites (N-methyl/N-ethyl adjacent to an activating group) is 1. The van der Waals surface area contributed by atoms with Crippen LogP contribution in [0.4, 0.5) is 11.4 Å². The number of anilines is 2. The quantitative estimate of drug-likeness (QED) is 0.921. The largest absolute Gasteiger partial charge is 0.369 e. The molecule has 1 amide bonds. The number of thiophene rings is 1. The predicted octanol–water partition coefficient (Wildman–Crippen LogP) is 3.62. The molecule has 0 radical (unpaired) electrons. The van der Waals surface area contributed by atoms with Crippen molar-refractivity contribution in [3.63, 3.8) is 0 Å². The Kier molecular flexibility index (Phi) is 5.21. The average Bonchev–Trinajstić information content (AvgIpc) is 2.97. The fourth-order valence-corrected chi connectivity index (χ4v) is 4.00. The number of piperazine rings is 1. The third kappa shape index (κ3) is 3.79. The first-order valence-corrected chi connectivity index (χ1v) is 9.32. The van der Waals surface area contributed by atoms with Gasteiger partial charge in [-0.25, -0.2) is 0 Å². The molecule has 0 unspecified atom stereocenters. The average molecular weight is 343 g/mol. The van der Waals surface area contributed by atoms with E-state index in [0.717, 1.165) is 43.2 Å². The zero-order valence-electron chi connectivity index (χ0n) is 14.6. The molecule has 0 atom stereocenters. The van der Waals surface area contributed by atoms with Gasteiger partial charge in [-0.15, -0.1) is 11.3 Å². The molecule has 24 heavy (non-hydrogen) atoms. The van der Waals surface area contributed by atoms with E-state index < -0.39 is 0 Å². The Bertz CT molecular complexity index is 700. The monoisotopic (exact) mass is 343 g/mol. The van der Waals surface area contributed by atoms with Crippen molar-refractivity contribution in [2.75, 3.05) is 43.4 Å². The third-order valence-electron chi connectivity index (χ3n) is 4.56. The summed E-state index contributed by atoms with van der Waals surface area (Å²) < 4.78 is 0. The number of hydrogen-bond donors (Lipinski definition) is 1. The lowest BCUT2D eigenvalue weighted by Crippen LogP contribution is -2.44. The molecule has 0 spiro atoms. The molecule has 5 heteroatoms. The molecule has 1 aliphatic rings. The minimum atomic E-state index is -0.0184. The SMILES string of the molecule is CCc1sc(C(=O)Nc2ccc(N3CCN(C)CC3)cc2)cc1C. The minimum absolute atomic E-state index is 0.0184. The second kappa shape index (κ2) is 7.36. The summed E-state index contributed by atoms with van der Waals surface area (Å²) in [6.07, 6.45) is 0.976. The molecule has 0 saturated carbocycles. The fourth-order valence-electron chi connectivity index (χ4n) is 3.00. The first kappa shape index (κ1) is 17.0. The molecule has 1 aromatic carbocycles. The van der Waals surface area contributed by atoms with Crippen molar-refractivity contribution in [3.8, 4) is 0 Å². The Morgan fingerprint density at radius 1 is 1.17 bits per heavy atom. The van der Waals surface area contributed by atoms with Gasteiger partial charge >= 0.3 is 0 Å². The van der Waals surface area contributed by atoms with Crippen LogP contribution in [-0.2, 0) is 6.42 Å². The number of benzene rings is 1. The van der Waals surface area contributed by atoms with Crippen LogP contribution >= 0.6 is 11.3 Å². The Morgan fingerprint density at radius 2 is 1.83 bits per heavy atom. The van der Waals surface area contributed by atoms with E-state index >= 15 is 0 Å². The van der Waals surface area contributed by atoms with E-state index in [1.807, 2.05) is 18.2 Å². The number of carbonyl (C=O) groups is 1. The first-order valence-electron chi connectivity index (χ1n) is 8.51. The van der Waals surface area contributed by atoms with Crippen LogP contribution in [0.1, 0.15) is 27.0 Å². The minimum Gasteiger partial charge on any atom is -0.369 e. The Balaban J connectivity index is 1.64. The summed E-state index contributed by atoms with van der Waals surface area (Å²) >= 11 is 1.59. The number of hydrogen-bond acceptors (Lipinski definition) is 4. The molecule has 1 fully saturated rings. The van der Waals surface area contributed by atoms with Crippen LogP contribution in [0.5, 0.6) is 0 Å². The lowest BCUT2D eigenvalue weighted by Gasteiger charge is -2.34. The van der Waals surface area contributed by atoms with E-state index in [1.54, 1.807) is 11.3 Å². The van der Waals surface area contributed by atoms with Gasteiger partial charge in [-0.3, -0.25) is 4.79 Å². The van der Waals surface area contributed by atoms with Crippen molar-refractivity contribution in [1.29, 1.82) is 0 Å². The highest BCUT2D eigenvalue weighted by Gasteiger charge is 2.15. The summed E-state index contributed by atoms with van der Waals surface area (Å²) in [5, 5.41) is 3.00. The van der Waals surface area contributed by atoms with Gasteiger partial charge in [-0.1, -0.05) is 6.92 Å². The lowest BCUT2D eigenvalue weighted by atomic mass is 10.2. The second-order valence-electron chi connectivity index (χ2n) is 6.36. The van der Waals surface area contributed by atoms with Crippen LogP contribution in [0.25, 0.3) is 0 Å². The predicted molar refractivity (Wildman–Crippen MR) is 103 cm³/mol. The smallest absolute Gasteiger partial charge is 0.265 e. The van der Waals surface area contributed by atoms with Gasteiger partial charge < -0.3 is 15.1 Å². The number of nitrogens with zero attached hydrogens (tertiary/aromatic N) is 2. The van der Waals surface area contributed by atoms with Gasteiger partial charge in [0.25, 0.3) is 5.91 Å². The molecule has 1 saturated heterocycles. The summed E-state index contributed by atoms with van der Waals surface area (Å²) in [6.45, 7) is 8.48. The van der Waals surface area contributed by atoms with E-state index in [0.29, 0.717) is 0 Å². The van der Waals surface area contributed by atoms with E-state index in [2.05, 4.69) is 48.1 Å². The molecule has 0 aliphatic carbocycles. The summed E-state index contributed by atoms with van der Waals surface area (Å²) in [5.74, 6) is -0.0184. The maximum Gasteiger partial charge on any atom is 0.265 e. The zero-order chi connectivity index (χ0) is 17.1. The highest BCUT2D eigenvalue weighted by molar-refractivity contribution is 7.14. The molecule has 0 bridgehead atoms. The maximum absolute atomic E-state index is 12.4. The van der Waals surface area contributed by atoms with Crippen molar-refractivity contribution < 1.29 is 4.79 Å². The van der Waals surface area contributed by atoms with Crippen LogP contribution in [0.15, 0.2) is 30.3 Å². The van der Waals surface area contributed by atoms with E-state index in [-0.39, 0.29) is 5.91 Å². The van der Waals surface area contributed by atoms with Gasteiger partial charge in [-0.2, -0.15) is 0 Å². The van der Waals surface area contributed by atoms with Crippen LogP contribution in [-0.4, -0.2) is 44.0 Å². The van der Waals surface area contributed by atoms with Gasteiger partial charge in [-0.05, 0) is 56.3 Å². The van der Waals surface area contributed by atoms with Crippen LogP contribution < -0.4 is 10.2 Å². The molecule has 1 N–H and O–H groups in total. The Morgan fingerprint density at radius 3 is 2.42 bits per heavy atom. The van der Waals surface area contributed by atoms with Gasteiger partial charge in [0.2, 0.25) is 0 Å². The zero-order valence-corrected chi connectivity index (χ0v) is 15.4. The molecular weight excluding hydrogens is 318 g/mol. The molecule has 128 valence electrons. The van der Waals surface area contributed by atoms with Gasteiger partial charge in [0.05, 0.1) is 4.88 Å². The van der Waals surface area contributed by atoms with Gasteiger partial charge in [0, 0.05) is 42.4 Å². The Hall–Kier alpha value is -1.85. The van der Waals surface area contributed by atoms with Crippen LogP contribution in [0, 0.1) is 6.92 Å². The van der Waals surface area contributed by atoms with Gasteiger partial charge in [0.15, 0.2) is 0 Å². The molecule has 3 rings (SSSR count). The molecule has 2 heterocycles. The summed E-state index contributed by atoms with van der Waals surface area (Å²) in [6, 6.07) is 10.2. The topological polar surface area (TPSA) is 35.6 Å². The number of rotatable bonds is 4. The van der Waals surface area contributed by atoms with Crippen molar-refractivity contribution in [2.24, 2.45) is 0 Å².